The second kappa shape index (κ2) is 1.48. The van der Waals surface area contributed by atoms with E-state index < -0.39 is 0 Å². The predicted octanol–water partition coefficient (Wildman–Crippen LogP) is -0.0352. The SMILES string of the molecule is [B]C(=N)P. The first-order valence-corrected chi connectivity index (χ1v) is 1.40. The quantitative estimate of drug-likeness (QED) is 0.235. The first kappa shape index (κ1) is 4.16. The fraction of sp³-hybridized carbons (Fsp3) is 0. The minimum atomic E-state index is 0.0833. The van der Waals surface area contributed by atoms with Crippen molar-refractivity contribution in [3.8, 4) is 0 Å². The molecular formula is CH3BNP. The Labute approximate surface area is 28.9 Å². The second-order valence-electron chi connectivity index (χ2n) is 0.455. The maximum absolute atomic E-state index is 6.24. The molecule has 0 aliphatic carbocycles. The van der Waals surface area contributed by atoms with Crippen molar-refractivity contribution in [2.75, 3.05) is 0 Å². The minimum Gasteiger partial charge on any atom is -0.317 e. The molecule has 4 heavy (non-hydrogen) atoms. The molecule has 0 spiro atoms. The summed E-state index contributed by atoms with van der Waals surface area (Å²) in [7, 11) is 6.68. The van der Waals surface area contributed by atoms with Gasteiger partial charge in [-0.05, 0) is 5.35 Å². The third-order valence-corrected chi connectivity index (χ3v) is 0. The van der Waals surface area contributed by atoms with Crippen molar-refractivity contribution in [3.05, 3.63) is 0 Å². The molecule has 2 radical (unpaired) electrons. The Morgan fingerprint density at radius 1 is 2.00 bits per heavy atom. The Hall–Kier alpha value is 0.165. The summed E-state index contributed by atoms with van der Waals surface area (Å²) >= 11 is 0. The lowest BCUT2D eigenvalue weighted by Gasteiger charge is -1.63. The Kier molecular flexibility index (Phi) is 1.54. The fourth-order valence-electron chi connectivity index (χ4n) is 0. The maximum atomic E-state index is 6.24. The average molecular weight is 70.8 g/mol. The van der Waals surface area contributed by atoms with Crippen LogP contribution in [0.2, 0.25) is 0 Å². The summed E-state index contributed by atoms with van der Waals surface area (Å²) in [6, 6.07) is 0. The van der Waals surface area contributed by atoms with Crippen LogP contribution in [0.1, 0.15) is 0 Å². The van der Waals surface area contributed by atoms with Crippen LogP contribution in [0.25, 0.3) is 0 Å². The van der Waals surface area contributed by atoms with Gasteiger partial charge in [0.1, 0.15) is 7.85 Å². The van der Waals surface area contributed by atoms with E-state index in [1.807, 2.05) is 9.24 Å². The Morgan fingerprint density at radius 2 is 2.00 bits per heavy atom. The van der Waals surface area contributed by atoms with E-state index in [0.29, 0.717) is 0 Å². The van der Waals surface area contributed by atoms with Gasteiger partial charge >= 0.3 is 0 Å². The highest BCUT2D eigenvalue weighted by Gasteiger charge is 1.55. The number of hydrogen-bond acceptors (Lipinski definition) is 1. The van der Waals surface area contributed by atoms with Crippen LogP contribution in [0.15, 0.2) is 0 Å². The standard InChI is InChI=1S/CH3BNP/c2-1(3)4/h3H,4H2. The van der Waals surface area contributed by atoms with Gasteiger partial charge in [-0.3, -0.25) is 0 Å². The molecule has 1 atom stereocenters. The van der Waals surface area contributed by atoms with Gasteiger partial charge in [-0.1, -0.05) is 0 Å². The molecule has 0 aromatic rings. The van der Waals surface area contributed by atoms with Crippen molar-refractivity contribution in [1.82, 2.24) is 0 Å². The summed E-state index contributed by atoms with van der Waals surface area (Å²) in [5.41, 5.74) is 0. The third-order valence-electron chi connectivity index (χ3n) is 0. The molecule has 0 aliphatic heterocycles. The van der Waals surface area contributed by atoms with E-state index >= 15 is 0 Å². The fourth-order valence-corrected chi connectivity index (χ4v) is 0. The monoisotopic (exact) mass is 71.0 g/mol. The topological polar surface area (TPSA) is 23.9 Å². The number of nitrogens with one attached hydrogen (secondary N) is 1. The summed E-state index contributed by atoms with van der Waals surface area (Å²) < 4.78 is 0. The molecule has 0 amide bonds. The van der Waals surface area contributed by atoms with Gasteiger partial charge in [-0.2, -0.15) is 0 Å². The van der Waals surface area contributed by atoms with E-state index in [-0.39, 0.29) is 5.35 Å². The zero-order valence-electron chi connectivity index (χ0n) is 2.15. The summed E-state index contributed by atoms with van der Waals surface area (Å²) in [6.45, 7) is 0. The molecule has 0 aliphatic rings. The van der Waals surface area contributed by atoms with Crippen molar-refractivity contribution >= 4 is 22.4 Å². The molecule has 1 unspecified atom stereocenters. The molecule has 20 valence electrons. The number of rotatable bonds is 0. The average Bonchev–Trinajstić information content (AvgIpc) is 0.811. The van der Waals surface area contributed by atoms with E-state index in [0.717, 1.165) is 0 Å². The molecule has 0 fully saturated rings. The van der Waals surface area contributed by atoms with Crippen molar-refractivity contribution in [2.45, 2.75) is 0 Å². The highest BCUT2D eigenvalue weighted by atomic mass is 31.0. The highest BCUT2D eigenvalue weighted by Crippen LogP contribution is 1.70. The normalized spacial score (nSPS) is 6.25. The molecule has 0 aromatic carbocycles. The van der Waals surface area contributed by atoms with Gasteiger partial charge in [0.25, 0.3) is 0 Å². The lowest BCUT2D eigenvalue weighted by molar-refractivity contribution is 1.59. The lowest BCUT2D eigenvalue weighted by Crippen LogP contribution is -1.70. The van der Waals surface area contributed by atoms with Gasteiger partial charge in [0, 0.05) is 0 Å². The van der Waals surface area contributed by atoms with E-state index in [2.05, 4.69) is 7.85 Å². The van der Waals surface area contributed by atoms with Gasteiger partial charge < -0.3 is 5.41 Å². The molecule has 1 N–H and O–H groups in total. The molecule has 0 saturated heterocycles. The van der Waals surface area contributed by atoms with Crippen LogP contribution >= 0.6 is 9.24 Å². The molecule has 3 heteroatoms. The summed E-state index contributed by atoms with van der Waals surface area (Å²) in [6.07, 6.45) is 0. The van der Waals surface area contributed by atoms with E-state index in [4.69, 9.17) is 5.41 Å². The van der Waals surface area contributed by atoms with Crippen LogP contribution in [-0.4, -0.2) is 13.2 Å². The maximum Gasteiger partial charge on any atom is 0.140 e. The van der Waals surface area contributed by atoms with Gasteiger partial charge in [0.2, 0.25) is 0 Å². The first-order valence-electron chi connectivity index (χ1n) is 0.827. The predicted molar refractivity (Wildman–Crippen MR) is 23.2 cm³/mol. The van der Waals surface area contributed by atoms with Gasteiger partial charge in [0.05, 0.1) is 0 Å². The zero-order chi connectivity index (χ0) is 3.58. The second-order valence-corrected chi connectivity index (χ2v) is 1.08. The van der Waals surface area contributed by atoms with E-state index in [9.17, 15) is 0 Å². The summed E-state index contributed by atoms with van der Waals surface area (Å²) in [4.78, 5) is 0. The van der Waals surface area contributed by atoms with Crippen LogP contribution in [0.3, 0.4) is 0 Å². The van der Waals surface area contributed by atoms with E-state index in [1.54, 1.807) is 0 Å². The van der Waals surface area contributed by atoms with E-state index in [1.165, 1.54) is 0 Å². The minimum absolute atomic E-state index is 0.0833. The Bertz CT molecular complexity index is 31.0. The zero-order valence-corrected chi connectivity index (χ0v) is 3.31. The van der Waals surface area contributed by atoms with Gasteiger partial charge in [0.15, 0.2) is 0 Å². The Morgan fingerprint density at radius 3 is 2.00 bits per heavy atom. The van der Waals surface area contributed by atoms with Gasteiger partial charge in [-0.25, -0.2) is 0 Å². The summed E-state index contributed by atoms with van der Waals surface area (Å²) in [5, 5.41) is 6.32. The van der Waals surface area contributed by atoms with Crippen LogP contribution in [0, 0.1) is 5.41 Å². The van der Waals surface area contributed by atoms with Crippen molar-refractivity contribution < 1.29 is 0 Å². The van der Waals surface area contributed by atoms with Crippen molar-refractivity contribution in [1.29, 1.82) is 5.41 Å². The lowest BCUT2D eigenvalue weighted by atomic mass is 10.2. The third kappa shape index (κ3) is 108. The molecule has 0 aromatic heterocycles. The number of hydrogen-bond donors (Lipinski definition) is 1. The van der Waals surface area contributed by atoms with Crippen molar-refractivity contribution in [3.63, 3.8) is 0 Å². The molecular weight excluding hydrogens is 67.8 g/mol. The van der Waals surface area contributed by atoms with Crippen LogP contribution in [0.5, 0.6) is 0 Å². The molecule has 0 saturated carbocycles. The molecule has 0 rings (SSSR count). The first-order chi connectivity index (χ1) is 1.73. The van der Waals surface area contributed by atoms with Crippen LogP contribution in [-0.2, 0) is 0 Å². The van der Waals surface area contributed by atoms with Crippen LogP contribution < -0.4 is 0 Å². The Balaban J connectivity index is 2.80. The van der Waals surface area contributed by atoms with Crippen molar-refractivity contribution in [2.24, 2.45) is 0 Å². The largest absolute Gasteiger partial charge is 0.317 e. The smallest absolute Gasteiger partial charge is 0.140 e. The summed E-state index contributed by atoms with van der Waals surface area (Å²) in [5.74, 6) is 0. The molecule has 0 bridgehead atoms. The molecule has 0 heterocycles. The van der Waals surface area contributed by atoms with Gasteiger partial charge in [-0.15, -0.1) is 9.24 Å². The molecule has 1 nitrogen and oxygen atoms in total. The highest BCUT2D eigenvalue weighted by molar-refractivity contribution is 7.48. The van der Waals surface area contributed by atoms with Crippen LogP contribution in [0.4, 0.5) is 0 Å².